The Bertz CT molecular complexity index is 1400. The number of piperidine rings is 1. The summed E-state index contributed by atoms with van der Waals surface area (Å²) in [7, 11) is 0. The molecule has 0 unspecified atom stereocenters. The molecule has 0 atom stereocenters. The summed E-state index contributed by atoms with van der Waals surface area (Å²) in [6.07, 6.45) is 4.13. The van der Waals surface area contributed by atoms with Crippen LogP contribution in [-0.4, -0.2) is 64.9 Å². The number of ether oxygens (including phenoxy) is 1. The first-order chi connectivity index (χ1) is 19.7. The number of aryl methyl sites for hydroxylation is 2. The maximum Gasteiger partial charge on any atom is 0.303 e. The Kier molecular flexibility index (Phi) is 9.21. The van der Waals surface area contributed by atoms with Gasteiger partial charge in [-0.1, -0.05) is 29.0 Å². The number of likely N-dealkylation sites (tertiary alicyclic amines) is 1. The van der Waals surface area contributed by atoms with Crippen LogP contribution in [0, 0.1) is 31.5 Å². The number of benzene rings is 2. The van der Waals surface area contributed by atoms with Gasteiger partial charge in [0.15, 0.2) is 0 Å². The van der Waals surface area contributed by atoms with Gasteiger partial charge in [-0.3, -0.25) is 19.4 Å². The second kappa shape index (κ2) is 12.8. The number of amides is 1. The Labute approximate surface area is 248 Å². The smallest absolute Gasteiger partial charge is 0.303 e. The van der Waals surface area contributed by atoms with Crippen LogP contribution in [0.4, 0.5) is 9.52 Å². The predicted molar refractivity (Wildman–Crippen MR) is 158 cm³/mol. The van der Waals surface area contributed by atoms with Crippen LogP contribution in [0.25, 0.3) is 10.6 Å². The maximum absolute atomic E-state index is 14.1. The minimum absolute atomic E-state index is 0.113. The first-order valence-electron chi connectivity index (χ1n) is 14.0. The van der Waals surface area contributed by atoms with Gasteiger partial charge in [0.1, 0.15) is 23.2 Å². The summed E-state index contributed by atoms with van der Waals surface area (Å²) >= 11 is 7.46. The Morgan fingerprint density at radius 1 is 1.12 bits per heavy atom. The van der Waals surface area contributed by atoms with Crippen LogP contribution in [0.1, 0.15) is 53.6 Å². The summed E-state index contributed by atoms with van der Waals surface area (Å²) in [4.78, 5) is 28.3. The Morgan fingerprint density at radius 3 is 2.49 bits per heavy atom. The number of nitrogens with zero attached hydrogens (tertiary/aromatic N) is 4. The van der Waals surface area contributed by atoms with E-state index in [2.05, 4.69) is 15.1 Å². The van der Waals surface area contributed by atoms with Crippen molar-refractivity contribution in [3.8, 4) is 16.3 Å². The van der Waals surface area contributed by atoms with Gasteiger partial charge < -0.3 is 9.84 Å². The van der Waals surface area contributed by atoms with Crippen LogP contribution < -0.4 is 9.64 Å². The maximum atomic E-state index is 14.1. The highest BCUT2D eigenvalue weighted by atomic mass is 35.5. The molecular formula is C30H34ClFN4O4S. The molecule has 8 nitrogen and oxygen atoms in total. The van der Waals surface area contributed by atoms with Crippen molar-refractivity contribution in [1.82, 2.24) is 15.1 Å². The molecule has 0 radical (unpaired) electrons. The minimum atomic E-state index is -0.719. The summed E-state index contributed by atoms with van der Waals surface area (Å²) in [5.41, 5.74) is 2.96. The molecule has 1 aliphatic carbocycles. The van der Waals surface area contributed by atoms with E-state index in [-0.39, 0.29) is 28.8 Å². The van der Waals surface area contributed by atoms with Gasteiger partial charge in [0.25, 0.3) is 5.91 Å². The number of carbonyl (C=O) groups is 2. The number of aromatic nitrogens is 2. The van der Waals surface area contributed by atoms with Gasteiger partial charge in [0, 0.05) is 25.1 Å². The van der Waals surface area contributed by atoms with Crippen LogP contribution in [-0.2, 0) is 4.79 Å². The fraction of sp³-hybridized carbons (Fsp3) is 0.467. The molecule has 3 aromatic rings. The van der Waals surface area contributed by atoms with E-state index in [1.807, 2.05) is 26.0 Å². The number of carboxylic acid groups (broad SMARTS) is 1. The van der Waals surface area contributed by atoms with Gasteiger partial charge in [0.2, 0.25) is 5.13 Å². The molecule has 11 heteroatoms. The van der Waals surface area contributed by atoms with Crippen molar-refractivity contribution in [1.29, 1.82) is 0 Å². The molecule has 1 N–H and O–H groups in total. The first kappa shape index (κ1) is 29.4. The standard InChI is InChI=1S/C30H34ClFN4O4S/c1-18-14-22(15-19(2)27(18)40-13-12-35-10-8-20(9-11-35)16-25(37)38)28-33-34-30(41-28)36(17-21-6-7-21)29(39)23-4-3-5-24(32)26(23)31/h3-5,14-15,20-21H,6-13,16-17H2,1-2H3,(H,37,38). The lowest BCUT2D eigenvalue weighted by Gasteiger charge is -2.31. The second-order valence-electron chi connectivity index (χ2n) is 11.0. The van der Waals surface area contributed by atoms with Crippen molar-refractivity contribution in [2.45, 2.75) is 46.0 Å². The third-order valence-corrected chi connectivity index (χ3v) is 9.12. The summed E-state index contributed by atoms with van der Waals surface area (Å²) in [5, 5.41) is 18.7. The molecule has 2 fully saturated rings. The number of carboxylic acids is 1. The highest BCUT2D eigenvalue weighted by Gasteiger charge is 2.31. The van der Waals surface area contributed by atoms with Gasteiger partial charge >= 0.3 is 5.97 Å². The van der Waals surface area contributed by atoms with Gasteiger partial charge in [-0.25, -0.2) is 4.39 Å². The Balaban J connectivity index is 1.25. The lowest BCUT2D eigenvalue weighted by molar-refractivity contribution is -0.138. The molecule has 1 aromatic heterocycles. The van der Waals surface area contributed by atoms with Gasteiger partial charge in [-0.15, -0.1) is 10.2 Å². The van der Waals surface area contributed by atoms with Gasteiger partial charge in [0.05, 0.1) is 10.6 Å². The number of aliphatic carboxylic acids is 1. The van der Waals surface area contributed by atoms with E-state index in [4.69, 9.17) is 21.4 Å². The Morgan fingerprint density at radius 2 is 1.83 bits per heavy atom. The van der Waals surface area contributed by atoms with Crippen LogP contribution in [0.5, 0.6) is 5.75 Å². The molecule has 1 saturated heterocycles. The molecule has 0 spiro atoms. The summed E-state index contributed by atoms with van der Waals surface area (Å²) in [5.74, 6) is -0.243. The number of carbonyl (C=O) groups excluding carboxylic acids is 1. The molecule has 1 saturated carbocycles. The molecule has 41 heavy (non-hydrogen) atoms. The van der Waals surface area contributed by atoms with E-state index >= 15 is 0 Å². The molecule has 218 valence electrons. The van der Waals surface area contributed by atoms with Crippen LogP contribution in [0.2, 0.25) is 5.02 Å². The third kappa shape index (κ3) is 7.23. The second-order valence-corrected chi connectivity index (χ2v) is 12.4. The van der Waals surface area contributed by atoms with Crippen molar-refractivity contribution >= 4 is 39.9 Å². The van der Waals surface area contributed by atoms with Gasteiger partial charge in [-0.05, 0) is 99.8 Å². The quantitative estimate of drug-likeness (QED) is 0.278. The van der Waals surface area contributed by atoms with E-state index in [0.717, 1.165) is 67.8 Å². The van der Waals surface area contributed by atoms with E-state index < -0.39 is 11.8 Å². The van der Waals surface area contributed by atoms with Crippen molar-refractivity contribution in [3.63, 3.8) is 0 Å². The highest BCUT2D eigenvalue weighted by Crippen LogP contribution is 2.37. The summed E-state index contributed by atoms with van der Waals surface area (Å²) in [6, 6.07) is 8.27. The molecule has 1 amide bonds. The molecule has 2 aliphatic rings. The SMILES string of the molecule is Cc1cc(-c2nnc(N(CC3CC3)C(=O)c3cccc(F)c3Cl)s2)cc(C)c1OCCN1CCC(CC(=O)O)CC1. The van der Waals surface area contributed by atoms with E-state index in [1.54, 1.807) is 4.90 Å². The van der Waals surface area contributed by atoms with Crippen molar-refractivity contribution < 1.29 is 23.8 Å². The molecular weight excluding hydrogens is 567 g/mol. The first-order valence-corrected chi connectivity index (χ1v) is 15.2. The van der Waals surface area contributed by atoms with Crippen molar-refractivity contribution in [3.05, 3.63) is 57.9 Å². The molecule has 2 heterocycles. The number of halogens is 2. The summed E-state index contributed by atoms with van der Waals surface area (Å²) < 4.78 is 20.3. The minimum Gasteiger partial charge on any atom is -0.492 e. The zero-order chi connectivity index (χ0) is 29.1. The third-order valence-electron chi connectivity index (χ3n) is 7.74. The molecule has 1 aliphatic heterocycles. The van der Waals surface area contributed by atoms with Gasteiger partial charge in [-0.2, -0.15) is 0 Å². The molecule has 0 bridgehead atoms. The predicted octanol–water partition coefficient (Wildman–Crippen LogP) is 6.24. The average molecular weight is 601 g/mol. The van der Waals surface area contributed by atoms with Crippen LogP contribution in [0.3, 0.4) is 0 Å². The van der Waals surface area contributed by atoms with Crippen molar-refractivity contribution in [2.75, 3.05) is 37.7 Å². The largest absolute Gasteiger partial charge is 0.492 e. The fourth-order valence-electron chi connectivity index (χ4n) is 5.30. The summed E-state index contributed by atoms with van der Waals surface area (Å²) in [6.45, 7) is 7.61. The van der Waals surface area contributed by atoms with E-state index in [9.17, 15) is 14.0 Å². The molecule has 5 rings (SSSR count). The number of hydrogen-bond acceptors (Lipinski definition) is 7. The van der Waals surface area contributed by atoms with Crippen LogP contribution >= 0.6 is 22.9 Å². The van der Waals surface area contributed by atoms with E-state index in [1.165, 1.54) is 29.5 Å². The number of anilines is 1. The van der Waals surface area contributed by atoms with Crippen molar-refractivity contribution in [2.24, 2.45) is 11.8 Å². The average Bonchev–Trinajstić information content (AvgIpc) is 3.63. The number of rotatable bonds is 11. The topological polar surface area (TPSA) is 95.9 Å². The zero-order valence-corrected chi connectivity index (χ0v) is 24.8. The zero-order valence-electron chi connectivity index (χ0n) is 23.2. The fourth-order valence-corrected chi connectivity index (χ4v) is 6.35. The molecule has 2 aromatic carbocycles. The normalized spacial score (nSPS) is 16.1. The monoisotopic (exact) mass is 600 g/mol. The Hall–Kier alpha value is -3.08. The lowest BCUT2D eigenvalue weighted by Crippen LogP contribution is -2.37. The number of hydrogen-bond donors (Lipinski definition) is 1. The highest BCUT2D eigenvalue weighted by molar-refractivity contribution is 7.18. The van der Waals surface area contributed by atoms with E-state index in [0.29, 0.717) is 29.2 Å². The lowest BCUT2D eigenvalue weighted by atomic mass is 9.94. The van der Waals surface area contributed by atoms with Crippen LogP contribution in [0.15, 0.2) is 30.3 Å².